The summed E-state index contributed by atoms with van der Waals surface area (Å²) in [5.41, 5.74) is 3.33. The molecule has 1 amide bonds. The average molecular weight is 472 g/mol. The predicted molar refractivity (Wildman–Crippen MR) is 132 cm³/mol. The molecule has 8 heteroatoms. The fourth-order valence-corrected chi connectivity index (χ4v) is 3.60. The predicted octanol–water partition coefficient (Wildman–Crippen LogP) is 4.99. The van der Waals surface area contributed by atoms with E-state index in [-0.39, 0.29) is 18.2 Å². The molecule has 4 aromatic rings. The van der Waals surface area contributed by atoms with Gasteiger partial charge in [0.2, 0.25) is 0 Å². The van der Waals surface area contributed by atoms with Crippen molar-refractivity contribution in [1.82, 2.24) is 9.78 Å². The first-order valence-corrected chi connectivity index (χ1v) is 11.0. The van der Waals surface area contributed by atoms with Gasteiger partial charge in [0.1, 0.15) is 11.5 Å². The minimum atomic E-state index is -0.512. The highest BCUT2D eigenvalue weighted by atomic mass is 16.5. The van der Waals surface area contributed by atoms with Crippen molar-refractivity contribution >= 4 is 17.6 Å². The van der Waals surface area contributed by atoms with Gasteiger partial charge in [-0.1, -0.05) is 24.3 Å². The van der Waals surface area contributed by atoms with Crippen LogP contribution < -0.4 is 14.8 Å². The maximum atomic E-state index is 12.9. The number of aromatic nitrogens is 2. The number of amides is 1. The number of rotatable bonds is 8. The minimum Gasteiger partial charge on any atom is -0.497 e. The maximum absolute atomic E-state index is 12.9. The third-order valence-electron chi connectivity index (χ3n) is 5.28. The Labute approximate surface area is 203 Å². The van der Waals surface area contributed by atoms with E-state index in [1.807, 2.05) is 42.5 Å². The molecule has 3 aromatic carbocycles. The monoisotopic (exact) mass is 471 g/mol. The fraction of sp³-hybridized carbons (Fsp3) is 0.148. The van der Waals surface area contributed by atoms with E-state index in [0.717, 1.165) is 11.3 Å². The van der Waals surface area contributed by atoms with Crippen LogP contribution in [0.15, 0.2) is 78.9 Å². The number of nitrogens with zero attached hydrogens (tertiary/aromatic N) is 2. The molecule has 8 nitrogen and oxygen atoms in total. The molecule has 1 aromatic heterocycles. The van der Waals surface area contributed by atoms with Gasteiger partial charge in [-0.05, 0) is 61.5 Å². The lowest BCUT2D eigenvalue weighted by Crippen LogP contribution is -2.13. The van der Waals surface area contributed by atoms with Crippen molar-refractivity contribution in [2.45, 2.75) is 6.92 Å². The van der Waals surface area contributed by atoms with Crippen molar-refractivity contribution in [3.63, 3.8) is 0 Å². The molecule has 0 aliphatic heterocycles. The molecule has 4 rings (SSSR count). The summed E-state index contributed by atoms with van der Waals surface area (Å²) in [6, 6.07) is 23.3. The third kappa shape index (κ3) is 5.16. The molecule has 178 valence electrons. The van der Waals surface area contributed by atoms with Gasteiger partial charge in [-0.15, -0.1) is 0 Å². The molecule has 0 fully saturated rings. The normalized spacial score (nSPS) is 10.5. The number of ether oxygens (including phenoxy) is 3. The Morgan fingerprint density at radius 1 is 0.914 bits per heavy atom. The molecule has 0 radical (unpaired) electrons. The maximum Gasteiger partial charge on any atom is 0.358 e. The number of hydrogen-bond donors (Lipinski definition) is 1. The van der Waals surface area contributed by atoms with Crippen molar-refractivity contribution in [2.75, 3.05) is 26.1 Å². The summed E-state index contributed by atoms with van der Waals surface area (Å²) >= 11 is 0. The fourth-order valence-electron chi connectivity index (χ4n) is 3.60. The number of methoxy groups -OCH3 is 2. The van der Waals surface area contributed by atoms with Gasteiger partial charge in [0.05, 0.1) is 37.8 Å². The van der Waals surface area contributed by atoms with Crippen molar-refractivity contribution in [3.05, 3.63) is 90.1 Å². The lowest BCUT2D eigenvalue weighted by Gasteiger charge is -2.11. The summed E-state index contributed by atoms with van der Waals surface area (Å²) in [6.07, 6.45) is 0. The van der Waals surface area contributed by atoms with Crippen LogP contribution in [0.1, 0.15) is 27.8 Å². The molecule has 0 unspecified atom stereocenters. The van der Waals surface area contributed by atoms with Gasteiger partial charge < -0.3 is 19.5 Å². The molecule has 1 N–H and O–H groups in total. The number of anilines is 1. The molecule has 0 bridgehead atoms. The van der Waals surface area contributed by atoms with E-state index in [4.69, 9.17) is 14.2 Å². The molecule has 35 heavy (non-hydrogen) atoms. The van der Waals surface area contributed by atoms with Gasteiger partial charge in [0, 0.05) is 11.3 Å². The van der Waals surface area contributed by atoms with Gasteiger partial charge in [0.25, 0.3) is 5.91 Å². The first-order valence-electron chi connectivity index (χ1n) is 11.0. The second kappa shape index (κ2) is 10.6. The Balaban J connectivity index is 1.71. The van der Waals surface area contributed by atoms with E-state index in [1.54, 1.807) is 55.1 Å². The van der Waals surface area contributed by atoms with Crippen LogP contribution in [0.25, 0.3) is 16.9 Å². The summed E-state index contributed by atoms with van der Waals surface area (Å²) in [4.78, 5) is 25.3. The zero-order valence-corrected chi connectivity index (χ0v) is 19.6. The van der Waals surface area contributed by atoms with Gasteiger partial charge in [0.15, 0.2) is 5.69 Å². The van der Waals surface area contributed by atoms with Gasteiger partial charge in [-0.3, -0.25) is 4.79 Å². The van der Waals surface area contributed by atoms with Crippen LogP contribution in [0, 0.1) is 0 Å². The number of para-hydroxylation sites is 1. The molecular weight excluding hydrogens is 446 g/mol. The Bertz CT molecular complexity index is 1350. The largest absolute Gasteiger partial charge is 0.497 e. The summed E-state index contributed by atoms with van der Waals surface area (Å²) in [7, 11) is 3.12. The van der Waals surface area contributed by atoms with Crippen LogP contribution in [0.3, 0.4) is 0 Å². The first-order chi connectivity index (χ1) is 17.0. The minimum absolute atomic E-state index is 0.182. The number of carbonyl (C=O) groups excluding carboxylic acids is 2. The lowest BCUT2D eigenvalue weighted by atomic mass is 10.1. The van der Waals surface area contributed by atoms with Crippen LogP contribution in [-0.4, -0.2) is 42.5 Å². The van der Waals surface area contributed by atoms with E-state index in [9.17, 15) is 9.59 Å². The van der Waals surface area contributed by atoms with Gasteiger partial charge in [-0.25, -0.2) is 9.48 Å². The Kier molecular flexibility index (Phi) is 7.11. The first kappa shape index (κ1) is 23.6. The molecule has 0 atom stereocenters. The number of carbonyl (C=O) groups is 2. The third-order valence-corrected chi connectivity index (χ3v) is 5.28. The zero-order chi connectivity index (χ0) is 24.8. The Hall–Kier alpha value is -4.59. The smallest absolute Gasteiger partial charge is 0.358 e. The van der Waals surface area contributed by atoms with Crippen molar-refractivity contribution < 1.29 is 23.8 Å². The molecule has 0 aliphatic carbocycles. The second-order valence-corrected chi connectivity index (χ2v) is 7.48. The second-order valence-electron chi connectivity index (χ2n) is 7.48. The SMILES string of the molecule is CCOC(=O)c1cc(-c2cccc(NC(=O)c3ccccc3OC)c2)n(-c2ccc(OC)cc2)n1. The molecule has 0 aliphatic rings. The quantitative estimate of drug-likeness (QED) is 0.364. The highest BCUT2D eigenvalue weighted by Gasteiger charge is 2.19. The van der Waals surface area contributed by atoms with Gasteiger partial charge >= 0.3 is 5.97 Å². The Morgan fingerprint density at radius 3 is 2.40 bits per heavy atom. The molecule has 0 saturated carbocycles. The highest BCUT2D eigenvalue weighted by Crippen LogP contribution is 2.28. The van der Waals surface area contributed by atoms with E-state index in [0.29, 0.717) is 28.4 Å². The van der Waals surface area contributed by atoms with Crippen LogP contribution in [0.5, 0.6) is 11.5 Å². The van der Waals surface area contributed by atoms with Crippen molar-refractivity contribution in [3.8, 4) is 28.4 Å². The van der Waals surface area contributed by atoms with E-state index >= 15 is 0 Å². The number of benzene rings is 3. The molecule has 1 heterocycles. The lowest BCUT2D eigenvalue weighted by molar-refractivity contribution is 0.0519. The summed E-state index contributed by atoms with van der Waals surface area (Å²) in [5, 5.41) is 7.40. The zero-order valence-electron chi connectivity index (χ0n) is 19.6. The molecular formula is C27H25N3O5. The highest BCUT2D eigenvalue weighted by molar-refractivity contribution is 6.06. The number of nitrogens with one attached hydrogen (secondary N) is 1. The summed E-state index contributed by atoms with van der Waals surface area (Å²) in [5.74, 6) is 0.379. The van der Waals surface area contributed by atoms with Crippen LogP contribution in [0.2, 0.25) is 0 Å². The molecule has 0 saturated heterocycles. The number of esters is 1. The standard InChI is InChI=1S/C27H25N3O5/c1-4-35-27(32)23-17-24(30(29-23)20-12-14-21(33-2)15-13-20)18-8-7-9-19(16-18)28-26(31)22-10-5-6-11-25(22)34-3/h5-17H,4H2,1-3H3,(H,28,31). The van der Waals surface area contributed by atoms with Crippen molar-refractivity contribution in [1.29, 1.82) is 0 Å². The average Bonchev–Trinajstić information content (AvgIpc) is 3.35. The van der Waals surface area contributed by atoms with Crippen molar-refractivity contribution in [2.24, 2.45) is 0 Å². The summed E-state index contributed by atoms with van der Waals surface area (Å²) < 4.78 is 17.4. The van der Waals surface area contributed by atoms with Crippen LogP contribution in [-0.2, 0) is 4.74 Å². The molecule has 0 spiro atoms. The van der Waals surface area contributed by atoms with E-state index in [2.05, 4.69) is 10.4 Å². The topological polar surface area (TPSA) is 91.7 Å². The summed E-state index contributed by atoms with van der Waals surface area (Å²) in [6.45, 7) is 1.99. The number of hydrogen-bond acceptors (Lipinski definition) is 6. The van der Waals surface area contributed by atoms with Crippen LogP contribution in [0.4, 0.5) is 5.69 Å². The Morgan fingerprint density at radius 2 is 1.69 bits per heavy atom. The van der Waals surface area contributed by atoms with Crippen LogP contribution >= 0.6 is 0 Å². The van der Waals surface area contributed by atoms with Gasteiger partial charge in [-0.2, -0.15) is 5.10 Å². The van der Waals surface area contributed by atoms with E-state index < -0.39 is 5.97 Å². The van der Waals surface area contributed by atoms with E-state index in [1.165, 1.54) is 7.11 Å².